The molecule has 114 valence electrons. The molecule has 1 heterocycles. The first kappa shape index (κ1) is 14.9. The Morgan fingerprint density at radius 1 is 1.14 bits per heavy atom. The van der Waals surface area contributed by atoms with Gasteiger partial charge in [0.2, 0.25) is 0 Å². The lowest BCUT2D eigenvalue weighted by atomic mass is 9.76. The van der Waals surface area contributed by atoms with Gasteiger partial charge in [-0.3, -0.25) is 0 Å². The quantitative estimate of drug-likeness (QED) is 0.797. The minimum atomic E-state index is -0.300. The smallest absolute Gasteiger partial charge is 0.493 e. The molecule has 1 aliphatic carbocycles. The van der Waals surface area contributed by atoms with Crippen LogP contribution >= 0.6 is 0 Å². The number of hydrogen-bond donors (Lipinski definition) is 0. The van der Waals surface area contributed by atoms with E-state index in [0.717, 1.165) is 29.3 Å². The molecule has 1 aromatic carbocycles. The van der Waals surface area contributed by atoms with Crippen LogP contribution in [0.25, 0.3) is 0 Å². The summed E-state index contributed by atoms with van der Waals surface area (Å²) < 4.78 is 18.1. The third-order valence-corrected chi connectivity index (χ3v) is 4.93. The van der Waals surface area contributed by atoms with Gasteiger partial charge in [-0.2, -0.15) is 0 Å². The van der Waals surface area contributed by atoms with E-state index in [-0.39, 0.29) is 18.3 Å². The van der Waals surface area contributed by atoms with E-state index in [2.05, 4.69) is 46.8 Å². The van der Waals surface area contributed by atoms with E-state index in [4.69, 9.17) is 14.0 Å². The van der Waals surface area contributed by atoms with Gasteiger partial charge < -0.3 is 14.0 Å². The van der Waals surface area contributed by atoms with Gasteiger partial charge in [0.05, 0.1) is 17.8 Å². The van der Waals surface area contributed by atoms with Gasteiger partial charge in [-0.05, 0) is 76.5 Å². The maximum absolute atomic E-state index is 6.12. The van der Waals surface area contributed by atoms with Crippen molar-refractivity contribution in [3.8, 4) is 5.75 Å². The summed E-state index contributed by atoms with van der Waals surface area (Å²) in [6.07, 6.45) is 2.62. The van der Waals surface area contributed by atoms with Gasteiger partial charge in [0, 0.05) is 0 Å². The van der Waals surface area contributed by atoms with E-state index in [1.807, 2.05) is 6.07 Å². The topological polar surface area (TPSA) is 27.7 Å². The molecule has 1 saturated heterocycles. The van der Waals surface area contributed by atoms with E-state index in [1.165, 1.54) is 12.8 Å². The Hall–Kier alpha value is -0.995. The van der Waals surface area contributed by atoms with Crippen LogP contribution < -0.4 is 10.2 Å². The second-order valence-corrected chi connectivity index (χ2v) is 7.36. The molecule has 21 heavy (non-hydrogen) atoms. The van der Waals surface area contributed by atoms with Crippen LogP contribution in [-0.4, -0.2) is 24.9 Å². The van der Waals surface area contributed by atoms with Crippen molar-refractivity contribution in [1.82, 2.24) is 0 Å². The van der Waals surface area contributed by atoms with Crippen LogP contribution in [0.1, 0.15) is 46.1 Å². The third-order valence-electron chi connectivity index (χ3n) is 4.93. The lowest BCUT2D eigenvalue weighted by Crippen LogP contribution is -2.41. The van der Waals surface area contributed by atoms with Gasteiger partial charge in [0.25, 0.3) is 0 Å². The van der Waals surface area contributed by atoms with E-state index in [1.54, 1.807) is 0 Å². The first-order valence-corrected chi connectivity index (χ1v) is 7.87. The molecule has 0 atom stereocenters. The highest BCUT2D eigenvalue weighted by Gasteiger charge is 2.52. The van der Waals surface area contributed by atoms with E-state index < -0.39 is 0 Å². The molecule has 0 spiro atoms. The molecule has 0 radical (unpaired) electrons. The summed E-state index contributed by atoms with van der Waals surface area (Å²) in [5.41, 5.74) is 1.64. The summed E-state index contributed by atoms with van der Waals surface area (Å²) in [6.45, 7) is 11.2. The average molecular weight is 288 g/mol. The second kappa shape index (κ2) is 5.03. The summed E-state index contributed by atoms with van der Waals surface area (Å²) >= 11 is 0. The maximum atomic E-state index is 6.12. The number of rotatable bonds is 4. The molecule has 0 aromatic heterocycles. The minimum Gasteiger partial charge on any atom is -0.493 e. The van der Waals surface area contributed by atoms with Gasteiger partial charge in [0.1, 0.15) is 5.75 Å². The molecule has 0 bridgehead atoms. The lowest BCUT2D eigenvalue weighted by molar-refractivity contribution is 0.00578. The zero-order valence-corrected chi connectivity index (χ0v) is 13.7. The zero-order chi connectivity index (χ0) is 15.3. The summed E-state index contributed by atoms with van der Waals surface area (Å²) in [6, 6.07) is 6.18. The van der Waals surface area contributed by atoms with Crippen molar-refractivity contribution in [3.63, 3.8) is 0 Å². The van der Waals surface area contributed by atoms with Crippen molar-refractivity contribution in [3.05, 3.63) is 23.8 Å². The predicted molar refractivity (Wildman–Crippen MR) is 85.1 cm³/mol. The van der Waals surface area contributed by atoms with Crippen LogP contribution in [0.2, 0.25) is 0 Å². The molecule has 3 rings (SSSR count). The largest absolute Gasteiger partial charge is 0.495 e. The van der Waals surface area contributed by atoms with Crippen molar-refractivity contribution in [2.75, 3.05) is 6.61 Å². The molecule has 2 aliphatic rings. The number of benzene rings is 1. The molecule has 4 heteroatoms. The van der Waals surface area contributed by atoms with Crippen LogP contribution in [0, 0.1) is 12.8 Å². The monoisotopic (exact) mass is 288 g/mol. The van der Waals surface area contributed by atoms with Gasteiger partial charge in [0.15, 0.2) is 0 Å². The normalized spacial score (nSPS) is 23.4. The van der Waals surface area contributed by atoms with Crippen molar-refractivity contribution in [1.29, 1.82) is 0 Å². The highest BCUT2D eigenvalue weighted by Crippen LogP contribution is 2.37. The number of ether oxygens (including phenoxy) is 1. The van der Waals surface area contributed by atoms with Crippen molar-refractivity contribution < 1.29 is 14.0 Å². The Morgan fingerprint density at radius 3 is 2.29 bits per heavy atom. The molecule has 1 aromatic rings. The molecule has 3 nitrogen and oxygen atoms in total. The van der Waals surface area contributed by atoms with E-state index in [0.29, 0.717) is 0 Å². The summed E-state index contributed by atoms with van der Waals surface area (Å²) in [5.74, 6) is 1.72. The first-order valence-electron chi connectivity index (χ1n) is 7.87. The SMILES string of the molecule is Cc1cc(OCC2CC2)ccc1B1OC(C)(C)C(C)(C)O1. The molecule has 1 saturated carbocycles. The van der Waals surface area contributed by atoms with Crippen LogP contribution in [0.5, 0.6) is 5.75 Å². The van der Waals surface area contributed by atoms with Crippen molar-refractivity contribution in [2.45, 2.75) is 58.7 Å². The van der Waals surface area contributed by atoms with Crippen LogP contribution in [0.4, 0.5) is 0 Å². The Bertz CT molecular complexity index is 519. The molecule has 2 fully saturated rings. The number of aryl methyl sites for hydroxylation is 1. The van der Waals surface area contributed by atoms with Crippen molar-refractivity contribution in [2.24, 2.45) is 5.92 Å². The summed E-state index contributed by atoms with van der Waals surface area (Å²) in [5, 5.41) is 0. The molecular weight excluding hydrogens is 263 g/mol. The molecule has 0 amide bonds. The predicted octanol–water partition coefficient (Wildman–Crippen LogP) is 3.08. The number of hydrogen-bond acceptors (Lipinski definition) is 3. The van der Waals surface area contributed by atoms with Gasteiger partial charge in [-0.25, -0.2) is 0 Å². The van der Waals surface area contributed by atoms with Crippen LogP contribution in [0.3, 0.4) is 0 Å². The fourth-order valence-corrected chi connectivity index (χ4v) is 2.47. The Morgan fingerprint density at radius 2 is 1.76 bits per heavy atom. The van der Waals surface area contributed by atoms with Gasteiger partial charge >= 0.3 is 7.12 Å². The van der Waals surface area contributed by atoms with Crippen molar-refractivity contribution >= 4 is 12.6 Å². The summed E-state index contributed by atoms with van der Waals surface area (Å²) in [4.78, 5) is 0. The van der Waals surface area contributed by atoms with E-state index in [9.17, 15) is 0 Å². The van der Waals surface area contributed by atoms with Crippen LogP contribution in [0.15, 0.2) is 18.2 Å². The Kier molecular flexibility index (Phi) is 3.57. The van der Waals surface area contributed by atoms with Gasteiger partial charge in [-0.15, -0.1) is 0 Å². The molecule has 0 unspecified atom stereocenters. The lowest BCUT2D eigenvalue weighted by Gasteiger charge is -2.32. The average Bonchev–Trinajstić information content (AvgIpc) is 3.15. The minimum absolute atomic E-state index is 0.299. The molecule has 1 aliphatic heterocycles. The highest BCUT2D eigenvalue weighted by atomic mass is 16.7. The van der Waals surface area contributed by atoms with E-state index >= 15 is 0 Å². The standard InChI is InChI=1S/C17H25BO3/c1-12-10-14(19-11-13-6-7-13)8-9-15(12)18-20-16(2,3)17(4,5)21-18/h8-10,13H,6-7,11H2,1-5H3. The van der Waals surface area contributed by atoms with Crippen LogP contribution in [-0.2, 0) is 9.31 Å². The Labute approximate surface area is 128 Å². The first-order chi connectivity index (χ1) is 9.78. The summed E-state index contributed by atoms with van der Waals surface area (Å²) in [7, 11) is -0.299. The maximum Gasteiger partial charge on any atom is 0.495 e. The van der Waals surface area contributed by atoms with Gasteiger partial charge in [-0.1, -0.05) is 6.07 Å². The highest BCUT2D eigenvalue weighted by molar-refractivity contribution is 6.62. The Balaban J connectivity index is 1.74. The molecular formula is C17H25BO3. The fourth-order valence-electron chi connectivity index (χ4n) is 2.47. The zero-order valence-electron chi connectivity index (χ0n) is 13.7. The third kappa shape index (κ3) is 2.97. The molecule has 0 N–H and O–H groups in total. The second-order valence-electron chi connectivity index (χ2n) is 7.36. The fraction of sp³-hybridized carbons (Fsp3) is 0.647.